The van der Waals surface area contributed by atoms with Crippen LogP contribution in [0.25, 0.3) is 10.9 Å². The molecule has 0 saturated heterocycles. The number of carbonyl (C=O) groups excluding carboxylic acids is 1. The quantitative estimate of drug-likeness (QED) is 0.195. The molecule has 1 heterocycles. The number of hydrogen-bond donors (Lipinski definition) is 0. The van der Waals surface area contributed by atoms with Gasteiger partial charge in [-0.2, -0.15) is 0 Å². The molecular weight excluding hydrogens is 404 g/mol. The maximum absolute atomic E-state index is 13.2. The Morgan fingerprint density at radius 2 is 1.90 bits per heavy atom. The van der Waals surface area contributed by atoms with Crippen LogP contribution in [0, 0.1) is 0 Å². The number of fused-ring (bicyclic) bond motifs is 1. The third-order valence-corrected chi connectivity index (χ3v) is 6.86. The summed E-state index contributed by atoms with van der Waals surface area (Å²) >= 11 is 1.36. The SMILES string of the molecule is CCc1ccc(C(=O)CSc2nc3ccccc3c(=O)n2CCC2=CCCCC2)cc1. The molecule has 0 spiro atoms. The van der Waals surface area contributed by atoms with Crippen molar-refractivity contribution in [3.05, 3.63) is 81.7 Å². The van der Waals surface area contributed by atoms with Crippen LogP contribution >= 0.6 is 11.8 Å². The van der Waals surface area contributed by atoms with Gasteiger partial charge in [0.05, 0.1) is 16.7 Å². The van der Waals surface area contributed by atoms with Gasteiger partial charge < -0.3 is 0 Å². The summed E-state index contributed by atoms with van der Waals surface area (Å²) in [5, 5.41) is 1.25. The first-order valence-electron chi connectivity index (χ1n) is 11.1. The topological polar surface area (TPSA) is 52.0 Å². The van der Waals surface area contributed by atoms with Gasteiger partial charge in [-0.25, -0.2) is 4.98 Å². The number of aryl methyl sites for hydroxylation is 1. The summed E-state index contributed by atoms with van der Waals surface area (Å²) < 4.78 is 1.76. The molecule has 0 unspecified atom stereocenters. The minimum atomic E-state index is -0.0238. The van der Waals surface area contributed by atoms with Gasteiger partial charge in [-0.05, 0) is 56.2 Å². The number of benzene rings is 2. The van der Waals surface area contributed by atoms with Crippen molar-refractivity contribution in [2.45, 2.75) is 57.1 Å². The van der Waals surface area contributed by atoms with Gasteiger partial charge in [0, 0.05) is 12.1 Å². The van der Waals surface area contributed by atoms with Gasteiger partial charge in [0.2, 0.25) is 0 Å². The highest BCUT2D eigenvalue weighted by Crippen LogP contribution is 2.23. The Morgan fingerprint density at radius 3 is 2.65 bits per heavy atom. The Labute approximate surface area is 187 Å². The van der Waals surface area contributed by atoms with Gasteiger partial charge in [0.1, 0.15) is 0 Å². The predicted octanol–water partition coefficient (Wildman–Crippen LogP) is 5.82. The van der Waals surface area contributed by atoms with Gasteiger partial charge >= 0.3 is 0 Å². The molecule has 1 aliphatic carbocycles. The van der Waals surface area contributed by atoms with E-state index in [2.05, 4.69) is 13.0 Å². The Morgan fingerprint density at radius 1 is 1.10 bits per heavy atom. The van der Waals surface area contributed by atoms with Gasteiger partial charge in [-0.1, -0.05) is 66.7 Å². The lowest BCUT2D eigenvalue weighted by Gasteiger charge is -2.16. The van der Waals surface area contributed by atoms with E-state index in [1.807, 2.05) is 48.5 Å². The van der Waals surface area contributed by atoms with Crippen molar-refractivity contribution in [2.24, 2.45) is 0 Å². The molecule has 5 heteroatoms. The molecule has 0 bridgehead atoms. The molecule has 0 radical (unpaired) electrons. The Bertz CT molecular complexity index is 1160. The smallest absolute Gasteiger partial charge is 0.262 e. The molecule has 4 nitrogen and oxygen atoms in total. The van der Waals surface area contributed by atoms with Crippen LogP contribution in [0.4, 0.5) is 0 Å². The molecule has 0 atom stereocenters. The molecule has 160 valence electrons. The lowest BCUT2D eigenvalue weighted by atomic mass is 9.97. The standard InChI is InChI=1S/C26H28N2O2S/c1-2-19-12-14-21(15-13-19)24(29)18-31-26-27-23-11-7-6-10-22(23)25(30)28(26)17-16-20-8-4-3-5-9-20/h6-8,10-15H,2-5,9,16-18H2,1H3. The number of Topliss-reactive ketones (excluding diaryl/α,β-unsaturated/α-hetero) is 1. The second-order valence-electron chi connectivity index (χ2n) is 7.99. The summed E-state index contributed by atoms with van der Waals surface area (Å²) in [7, 11) is 0. The molecule has 0 fully saturated rings. The number of hydrogen-bond acceptors (Lipinski definition) is 4. The zero-order valence-corrected chi connectivity index (χ0v) is 18.8. The number of thioether (sulfide) groups is 1. The average molecular weight is 433 g/mol. The van der Waals surface area contributed by atoms with Crippen LogP contribution in [-0.2, 0) is 13.0 Å². The lowest BCUT2D eigenvalue weighted by molar-refractivity contribution is 0.102. The molecular formula is C26H28N2O2S. The highest BCUT2D eigenvalue weighted by molar-refractivity contribution is 7.99. The van der Waals surface area contributed by atoms with E-state index in [1.165, 1.54) is 35.7 Å². The van der Waals surface area contributed by atoms with E-state index in [1.54, 1.807) is 4.57 Å². The summed E-state index contributed by atoms with van der Waals surface area (Å²) in [5.74, 6) is 0.315. The minimum Gasteiger partial charge on any atom is -0.293 e. The molecule has 2 aromatic carbocycles. The van der Waals surface area contributed by atoms with E-state index in [0.29, 0.717) is 28.2 Å². The van der Waals surface area contributed by atoms with Crippen molar-refractivity contribution in [2.75, 3.05) is 5.75 Å². The van der Waals surface area contributed by atoms with Crippen LogP contribution in [0.15, 0.2) is 70.1 Å². The lowest BCUT2D eigenvalue weighted by Crippen LogP contribution is -2.24. The predicted molar refractivity (Wildman–Crippen MR) is 128 cm³/mol. The van der Waals surface area contributed by atoms with E-state index < -0.39 is 0 Å². The Hall–Kier alpha value is -2.66. The first-order chi connectivity index (χ1) is 15.2. The van der Waals surface area contributed by atoms with Gasteiger partial charge in [0.15, 0.2) is 10.9 Å². The third-order valence-electron chi connectivity index (χ3n) is 5.88. The molecule has 31 heavy (non-hydrogen) atoms. The molecule has 1 aliphatic rings. The molecule has 0 aliphatic heterocycles. The van der Waals surface area contributed by atoms with Crippen LogP contribution < -0.4 is 5.56 Å². The maximum atomic E-state index is 13.2. The van der Waals surface area contributed by atoms with E-state index in [4.69, 9.17) is 4.98 Å². The summed E-state index contributed by atoms with van der Waals surface area (Å²) in [6.45, 7) is 2.70. The second-order valence-corrected chi connectivity index (χ2v) is 8.93. The maximum Gasteiger partial charge on any atom is 0.262 e. The monoisotopic (exact) mass is 432 g/mol. The van der Waals surface area contributed by atoms with Crippen molar-refractivity contribution in [1.82, 2.24) is 9.55 Å². The number of ketones is 1. The number of para-hydroxylation sites is 1. The van der Waals surface area contributed by atoms with Crippen molar-refractivity contribution in [1.29, 1.82) is 0 Å². The van der Waals surface area contributed by atoms with Gasteiger partial charge in [0.25, 0.3) is 5.56 Å². The van der Waals surface area contributed by atoms with Crippen molar-refractivity contribution >= 4 is 28.4 Å². The van der Waals surface area contributed by atoms with E-state index in [9.17, 15) is 9.59 Å². The molecule has 4 rings (SSSR count). The van der Waals surface area contributed by atoms with Crippen molar-refractivity contribution < 1.29 is 4.79 Å². The number of aromatic nitrogens is 2. The van der Waals surface area contributed by atoms with Crippen LogP contribution in [0.5, 0.6) is 0 Å². The number of allylic oxidation sites excluding steroid dienone is 2. The first-order valence-corrected chi connectivity index (χ1v) is 12.1. The highest BCUT2D eigenvalue weighted by Gasteiger charge is 2.15. The largest absolute Gasteiger partial charge is 0.293 e. The van der Waals surface area contributed by atoms with Crippen LogP contribution in [0.2, 0.25) is 0 Å². The third kappa shape index (κ3) is 5.16. The zero-order valence-electron chi connectivity index (χ0n) is 18.0. The van der Waals surface area contributed by atoms with Crippen LogP contribution in [0.3, 0.4) is 0 Å². The summed E-state index contributed by atoms with van der Waals surface area (Å²) in [6.07, 6.45) is 8.86. The van der Waals surface area contributed by atoms with Crippen LogP contribution in [-0.4, -0.2) is 21.1 Å². The molecule has 3 aromatic rings. The molecule has 0 saturated carbocycles. The van der Waals surface area contributed by atoms with Crippen LogP contribution in [0.1, 0.15) is 54.9 Å². The fraction of sp³-hybridized carbons (Fsp3) is 0.346. The van der Waals surface area contributed by atoms with E-state index in [-0.39, 0.29) is 17.1 Å². The second kappa shape index (κ2) is 10.1. The average Bonchev–Trinajstić information content (AvgIpc) is 2.83. The van der Waals surface area contributed by atoms with E-state index >= 15 is 0 Å². The molecule has 1 aromatic heterocycles. The molecule has 0 amide bonds. The number of rotatable bonds is 8. The fourth-order valence-electron chi connectivity index (χ4n) is 3.98. The highest BCUT2D eigenvalue weighted by atomic mass is 32.2. The van der Waals surface area contributed by atoms with E-state index in [0.717, 1.165) is 25.7 Å². The Balaban J connectivity index is 1.57. The van der Waals surface area contributed by atoms with Gasteiger partial charge in [-0.15, -0.1) is 0 Å². The van der Waals surface area contributed by atoms with Crippen molar-refractivity contribution in [3.63, 3.8) is 0 Å². The number of nitrogens with zero attached hydrogens (tertiary/aromatic N) is 2. The first kappa shape index (κ1) is 21.6. The van der Waals surface area contributed by atoms with Gasteiger partial charge in [-0.3, -0.25) is 14.2 Å². The summed E-state index contributed by atoms with van der Waals surface area (Å²) in [5.41, 5.74) is 4.00. The summed E-state index contributed by atoms with van der Waals surface area (Å²) in [6, 6.07) is 15.2. The summed E-state index contributed by atoms with van der Waals surface area (Å²) in [4.78, 5) is 30.7. The zero-order chi connectivity index (χ0) is 21.6. The minimum absolute atomic E-state index is 0.0238. The normalized spacial score (nSPS) is 13.9. The Kier molecular flexibility index (Phi) is 7.03. The fourth-order valence-corrected chi connectivity index (χ4v) is 4.90. The number of carbonyl (C=O) groups is 1. The van der Waals surface area contributed by atoms with Crippen molar-refractivity contribution in [3.8, 4) is 0 Å². The molecule has 0 N–H and O–H groups in total.